The Morgan fingerprint density at radius 2 is 0.767 bits per heavy atom. The number of carbonyl (C=O) groups excluding carboxylic acids is 5. The van der Waals surface area contributed by atoms with Crippen molar-refractivity contribution < 1.29 is 33.4 Å². The average Bonchev–Trinajstić information content (AvgIpc) is 1.73. The molecule has 25 nitrogen and oxygen atoms in total. The molecule has 0 aliphatic rings. The molecule has 0 aromatic carbocycles. The van der Waals surface area contributed by atoms with E-state index in [1.165, 1.54) is 41.2 Å². The van der Waals surface area contributed by atoms with Crippen LogP contribution < -0.4 is 11.5 Å². The third kappa shape index (κ3) is 48.2. The summed E-state index contributed by atoms with van der Waals surface area (Å²) in [5.41, 5.74) is 24.8. The van der Waals surface area contributed by atoms with Crippen LogP contribution in [0.15, 0.2) is 80.8 Å². The summed E-state index contributed by atoms with van der Waals surface area (Å²) in [5.74, 6) is 9.96. The fraction of sp³-hybridized carbons (Fsp3) is 0.457. The molecule has 33 heteroatoms. The summed E-state index contributed by atoms with van der Waals surface area (Å²) >= 11 is 9.76. The summed E-state index contributed by atoms with van der Waals surface area (Å²) < 4.78 is 28.0. The van der Waals surface area contributed by atoms with Crippen LogP contribution in [-0.2, 0) is 63.6 Å². The number of rotatable bonds is 10. The zero-order valence-electron chi connectivity index (χ0n) is 65.4. The van der Waals surface area contributed by atoms with Gasteiger partial charge in [0.25, 0.3) is 11.8 Å². The van der Waals surface area contributed by atoms with E-state index >= 15 is 0 Å². The van der Waals surface area contributed by atoms with Crippen LogP contribution >= 0.6 is 47.8 Å². The zero-order valence-corrected chi connectivity index (χ0v) is 75.2. The van der Waals surface area contributed by atoms with E-state index in [0.717, 1.165) is 25.2 Å². The number of isocyanates is 1. The van der Waals surface area contributed by atoms with Crippen molar-refractivity contribution in [3.63, 3.8) is 0 Å². The van der Waals surface area contributed by atoms with Crippen molar-refractivity contribution >= 4 is 118 Å². The van der Waals surface area contributed by atoms with Crippen molar-refractivity contribution in [3.05, 3.63) is 122 Å². The van der Waals surface area contributed by atoms with Gasteiger partial charge in [-0.15, -0.1) is 47.9 Å². The van der Waals surface area contributed by atoms with E-state index < -0.39 is 64.3 Å². The maximum atomic E-state index is 11.5. The van der Waals surface area contributed by atoms with Gasteiger partial charge < -0.3 is 57.8 Å². The van der Waals surface area contributed by atoms with Gasteiger partial charge in [-0.25, -0.2) is 53.9 Å². The maximum Gasteiger partial charge on any atom is 0.374 e. The van der Waals surface area contributed by atoms with Gasteiger partial charge in [0.2, 0.25) is 17.7 Å². The quantitative estimate of drug-likeness (QED) is 0.0423. The molecule has 2 amide bonds. The van der Waals surface area contributed by atoms with Crippen molar-refractivity contribution in [2.75, 3.05) is 32.8 Å². The minimum absolute atomic E-state index is 0.179. The summed E-state index contributed by atoms with van der Waals surface area (Å²) in [6.07, 6.45) is 38.6. The monoisotopic (exact) mass is 1690 g/mol. The number of ether oxygens (including phenoxy) is 2. The van der Waals surface area contributed by atoms with E-state index in [0.29, 0.717) is 36.3 Å². The van der Waals surface area contributed by atoms with Crippen LogP contribution in [0.2, 0.25) is 98.2 Å². The molecule has 0 aliphatic carbocycles. The highest BCUT2D eigenvalue weighted by Gasteiger charge is 2.17. The molecule has 0 saturated carbocycles. The predicted molar refractivity (Wildman–Crippen MR) is 440 cm³/mol. The van der Waals surface area contributed by atoms with Gasteiger partial charge in [0.1, 0.15) is 68.9 Å². The number of terminal acetylenes is 4. The average molecular weight is 1690 g/mol. The number of carbonyl (C=O) groups is 4. The molecular formula is C70H109Br3N18O7Si5. The summed E-state index contributed by atoms with van der Waals surface area (Å²) in [5, 5.41) is 0. The first-order valence-electron chi connectivity index (χ1n) is 32.1. The number of nitrogens with zero attached hydrogens (tertiary/aromatic N) is 16. The molecular weight excluding hydrogens is 1590 g/mol. The third-order valence-corrected chi connectivity index (χ3v) is 18.1. The Morgan fingerprint density at radius 1 is 0.456 bits per heavy atom. The van der Waals surface area contributed by atoms with Gasteiger partial charge in [-0.2, -0.15) is 0 Å². The lowest BCUT2D eigenvalue weighted by Gasteiger charge is -2.13. The molecule has 0 spiro atoms. The molecule has 0 aliphatic heterocycles. The fourth-order valence-corrected chi connectivity index (χ4v) is 7.67. The molecule has 0 atom stereocenters. The van der Waals surface area contributed by atoms with Crippen molar-refractivity contribution in [2.45, 2.75) is 133 Å². The van der Waals surface area contributed by atoms with Crippen molar-refractivity contribution in [1.82, 2.24) is 71.8 Å². The highest BCUT2D eigenvalue weighted by molar-refractivity contribution is 9.11. The summed E-state index contributed by atoms with van der Waals surface area (Å²) in [4.78, 5) is 82.9. The SMILES string of the molecule is C#C[Si](C)(C)C.C#C[Si](C)(C)C.C#Cc1cnc(C(N)=O)n1C.C#Cc1cnc(C(N)=O)n1C.CCN(CC)CC.CCOC(=O)c1ncc(Br)n1C.CCOC(=O)c1ncc(C#C[Si](C)(C)C)n1C.C[Si](C)(C)N=C=O.Cn1cncc1Br.Cn1cncc1Br.Cn1cncc1C#C[Si](C)(C)C. The van der Waals surface area contributed by atoms with Crippen molar-refractivity contribution in [1.29, 1.82) is 0 Å². The molecule has 7 aromatic heterocycles. The highest BCUT2D eigenvalue weighted by atomic mass is 79.9. The zero-order chi connectivity index (χ0) is 80.8. The second-order valence-corrected chi connectivity index (χ2v) is 52.4. The molecule has 0 bridgehead atoms. The van der Waals surface area contributed by atoms with Gasteiger partial charge in [0, 0.05) is 49.3 Å². The van der Waals surface area contributed by atoms with E-state index in [9.17, 15) is 24.0 Å². The normalized spacial score (nSPS) is 9.97. The number of primary amides is 2. The number of aromatic nitrogens is 14. The minimum Gasteiger partial charge on any atom is -0.460 e. The first-order chi connectivity index (χ1) is 47.5. The molecule has 7 aromatic rings. The Morgan fingerprint density at radius 3 is 0.961 bits per heavy atom. The second-order valence-electron chi connectivity index (χ2n) is 26.3. The van der Waals surface area contributed by atoms with E-state index in [1.807, 2.05) is 54.5 Å². The highest BCUT2D eigenvalue weighted by Crippen LogP contribution is 2.12. The van der Waals surface area contributed by atoms with Crippen LogP contribution in [0.4, 0.5) is 0 Å². The fourth-order valence-electron chi connectivity index (χ4n) is 5.70. The lowest BCUT2D eigenvalue weighted by Crippen LogP contribution is -2.21. The lowest BCUT2D eigenvalue weighted by molar-refractivity contribution is 0.0498. The molecule has 562 valence electrons. The second kappa shape index (κ2) is 51.7. The standard InChI is InChI=1S/C12H18N2O2Si.C9H14N2Si.C7H9BrN2O2.2C7H7N3O.C6H15N.2C5H10Si.2C4H5BrN2.C4H9NOSi/c1-6-16-12(15)11-13-9-10(14(11)2)7-8-17(3,4)5;1-11-8-10-7-9(11)5-6-12(2,3)4;1-3-12-7(11)6-9-4-5(8)10(6)2;2*1-3-5-4-9-7(6(8)11)10(5)2;1-4-7(5-2)6-3;2*1-5-6(2,3)4;2*1-7-3-6-2-4(7)5;1-7(2,3)5-4-6/h9H,6H2,1-5H3;7-8H,1-4H3;4H,3H2,1-2H3;2*1,4H,2H3,(H2,8,11);4-6H2,1-3H3;2*1H,2-4H3;2*2-3H,1H3;1-3H3. The van der Waals surface area contributed by atoms with Gasteiger partial charge in [0.15, 0.2) is 19.9 Å². The topological polar surface area (TPSA) is 296 Å². The van der Waals surface area contributed by atoms with Crippen LogP contribution in [0, 0.1) is 71.5 Å². The van der Waals surface area contributed by atoms with E-state index in [1.54, 1.807) is 107 Å². The minimum atomic E-state index is -1.46. The number of esters is 2. The van der Waals surface area contributed by atoms with Crippen molar-refractivity contribution in [2.24, 2.45) is 65.5 Å². The van der Waals surface area contributed by atoms with Gasteiger partial charge in [-0.1, -0.05) is 123 Å². The molecule has 0 unspecified atom stereocenters. The number of amides is 2. The molecule has 7 heterocycles. The predicted octanol–water partition coefficient (Wildman–Crippen LogP) is 11.7. The smallest absolute Gasteiger partial charge is 0.374 e. The maximum absolute atomic E-state index is 11.5. The van der Waals surface area contributed by atoms with Crippen LogP contribution in [-0.4, -0.2) is 175 Å². The van der Waals surface area contributed by atoms with Gasteiger partial charge in [0.05, 0.1) is 75.6 Å². The van der Waals surface area contributed by atoms with Crippen LogP contribution in [0.1, 0.15) is 99.9 Å². The lowest BCUT2D eigenvalue weighted by atomic mass is 10.5. The van der Waals surface area contributed by atoms with Crippen molar-refractivity contribution in [3.8, 4) is 71.5 Å². The van der Waals surface area contributed by atoms with E-state index in [2.05, 4.69) is 237 Å². The number of aryl methyl sites for hydroxylation is 3. The Kier molecular flexibility index (Phi) is 50.6. The number of halogens is 3. The van der Waals surface area contributed by atoms with Crippen LogP contribution in [0.3, 0.4) is 0 Å². The number of nitrogens with two attached hydrogens (primary N) is 2. The molecule has 103 heavy (non-hydrogen) atoms. The summed E-state index contributed by atoms with van der Waals surface area (Å²) in [7, 11) is 6.29. The van der Waals surface area contributed by atoms with Crippen LogP contribution in [0.25, 0.3) is 0 Å². The summed E-state index contributed by atoms with van der Waals surface area (Å²) in [6, 6.07) is 0. The molecule has 4 N–H and O–H groups in total. The Labute approximate surface area is 643 Å². The summed E-state index contributed by atoms with van der Waals surface area (Å²) in [6.45, 7) is 46.4. The van der Waals surface area contributed by atoms with Gasteiger partial charge in [-0.05, 0) is 101 Å². The first kappa shape index (κ1) is 101. The largest absolute Gasteiger partial charge is 0.460 e. The molecule has 0 radical (unpaired) electrons. The first-order valence-corrected chi connectivity index (χ1v) is 51.9. The van der Waals surface area contributed by atoms with Gasteiger partial charge in [-0.3, -0.25) is 9.59 Å². The van der Waals surface area contributed by atoms with Crippen LogP contribution in [0.5, 0.6) is 0 Å². The van der Waals surface area contributed by atoms with Gasteiger partial charge >= 0.3 is 11.9 Å². The molecule has 0 saturated heterocycles. The Hall–Kier alpha value is -8.43. The number of hydrogen-bond donors (Lipinski definition) is 2. The number of hydrogen-bond acceptors (Lipinski definition) is 16. The third-order valence-electron chi connectivity index (χ3n) is 11.6. The van der Waals surface area contributed by atoms with E-state index in [-0.39, 0.29) is 11.6 Å². The molecule has 7 rings (SSSR count). The Bertz CT molecular complexity index is 3900. The number of imidazole rings is 7. The Balaban J connectivity index is -0.000000532. The molecule has 0 fully saturated rings. The van der Waals surface area contributed by atoms with E-state index in [4.69, 9.17) is 46.6 Å².